The van der Waals surface area contributed by atoms with Crippen LogP contribution in [-0.4, -0.2) is 60.7 Å². The molecule has 29 heavy (non-hydrogen) atoms. The molecule has 0 aliphatic carbocycles. The number of hydrogen-bond donors (Lipinski definition) is 1. The van der Waals surface area contributed by atoms with Crippen LogP contribution in [0.4, 0.5) is 10.5 Å². The third kappa shape index (κ3) is 5.64. The lowest BCUT2D eigenvalue weighted by Crippen LogP contribution is -2.51. The number of nitro benzene ring substituents is 1. The predicted molar refractivity (Wildman–Crippen MR) is 105 cm³/mol. The molecule has 162 valence electrons. The van der Waals surface area contributed by atoms with Gasteiger partial charge in [0.05, 0.1) is 23.7 Å². The molecule has 1 aliphatic rings. The lowest BCUT2D eigenvalue weighted by atomic mass is 10.2. The molecule has 1 N–H and O–H groups in total. The molecule has 1 aliphatic heterocycles. The first-order valence-electron chi connectivity index (χ1n) is 9.19. The second-order valence-electron chi connectivity index (χ2n) is 7.94. The molecule has 11 heteroatoms. The number of rotatable bonds is 4. The SMILES string of the molecule is C[C@H]1OC[C@H](C)N(S(=O)(=O)c2ccccc2[N+](=O)[O-])C[C@H]1NC(=O)OC(C)(C)C. The third-order valence-corrected chi connectivity index (χ3v) is 6.41. The normalized spacial score (nSPS) is 23.8. The first-order chi connectivity index (χ1) is 13.3. The maximum Gasteiger partial charge on any atom is 0.408 e. The number of para-hydroxylation sites is 1. The third-order valence-electron chi connectivity index (χ3n) is 4.39. The van der Waals surface area contributed by atoms with Gasteiger partial charge < -0.3 is 14.8 Å². The largest absolute Gasteiger partial charge is 0.444 e. The van der Waals surface area contributed by atoms with Gasteiger partial charge in [-0.2, -0.15) is 4.31 Å². The number of carbonyl (C=O) groups excluding carboxylic acids is 1. The van der Waals surface area contributed by atoms with Gasteiger partial charge in [-0.25, -0.2) is 13.2 Å². The molecule has 0 unspecified atom stereocenters. The molecule has 2 rings (SSSR count). The van der Waals surface area contributed by atoms with Gasteiger partial charge in [0.25, 0.3) is 5.69 Å². The number of nitro groups is 1. The Morgan fingerprint density at radius 1 is 1.31 bits per heavy atom. The van der Waals surface area contributed by atoms with Crippen molar-refractivity contribution in [3.05, 3.63) is 34.4 Å². The summed E-state index contributed by atoms with van der Waals surface area (Å²) in [6, 6.07) is 3.88. The van der Waals surface area contributed by atoms with Gasteiger partial charge in [-0.15, -0.1) is 0 Å². The Hall–Kier alpha value is -2.24. The first-order valence-corrected chi connectivity index (χ1v) is 10.6. The molecule has 0 aromatic heterocycles. The molecular formula is C18H27N3O7S. The molecule has 0 spiro atoms. The van der Waals surface area contributed by atoms with Gasteiger partial charge in [0, 0.05) is 18.7 Å². The van der Waals surface area contributed by atoms with E-state index in [9.17, 15) is 23.3 Å². The summed E-state index contributed by atoms with van der Waals surface area (Å²) in [4.78, 5) is 22.4. The summed E-state index contributed by atoms with van der Waals surface area (Å²) in [6.07, 6.45) is -1.19. The van der Waals surface area contributed by atoms with E-state index in [0.717, 1.165) is 10.4 Å². The van der Waals surface area contributed by atoms with Crippen LogP contribution in [0.15, 0.2) is 29.2 Å². The molecule has 1 heterocycles. The molecule has 0 radical (unpaired) electrons. The van der Waals surface area contributed by atoms with E-state index in [1.54, 1.807) is 34.6 Å². The fourth-order valence-electron chi connectivity index (χ4n) is 2.92. The minimum Gasteiger partial charge on any atom is -0.444 e. The van der Waals surface area contributed by atoms with Gasteiger partial charge in [-0.05, 0) is 40.7 Å². The smallest absolute Gasteiger partial charge is 0.408 e. The van der Waals surface area contributed by atoms with E-state index in [0.29, 0.717) is 0 Å². The topological polar surface area (TPSA) is 128 Å². The van der Waals surface area contributed by atoms with Crippen molar-refractivity contribution in [2.24, 2.45) is 0 Å². The van der Waals surface area contributed by atoms with Crippen LogP contribution in [0, 0.1) is 10.1 Å². The summed E-state index contributed by atoms with van der Waals surface area (Å²) < 4.78 is 38.6. The number of hydrogen-bond acceptors (Lipinski definition) is 7. The van der Waals surface area contributed by atoms with E-state index in [2.05, 4.69) is 5.32 Å². The van der Waals surface area contributed by atoms with E-state index in [1.165, 1.54) is 18.2 Å². The quantitative estimate of drug-likeness (QED) is 0.574. The fraction of sp³-hybridized carbons (Fsp3) is 0.611. The molecular weight excluding hydrogens is 402 g/mol. The highest BCUT2D eigenvalue weighted by atomic mass is 32.2. The summed E-state index contributed by atoms with van der Waals surface area (Å²) in [5, 5.41) is 14.0. The van der Waals surface area contributed by atoms with Crippen molar-refractivity contribution in [1.82, 2.24) is 9.62 Å². The highest BCUT2D eigenvalue weighted by Gasteiger charge is 2.40. The van der Waals surface area contributed by atoms with Crippen LogP contribution >= 0.6 is 0 Å². The zero-order valence-electron chi connectivity index (χ0n) is 17.1. The highest BCUT2D eigenvalue weighted by Crippen LogP contribution is 2.29. The minimum atomic E-state index is -4.22. The maximum atomic E-state index is 13.3. The summed E-state index contributed by atoms with van der Waals surface area (Å²) in [6.45, 7) is 8.47. The molecule has 1 saturated heterocycles. The lowest BCUT2D eigenvalue weighted by molar-refractivity contribution is -0.387. The van der Waals surface area contributed by atoms with Crippen LogP contribution in [-0.2, 0) is 19.5 Å². The average molecular weight is 429 g/mol. The number of benzene rings is 1. The Bertz CT molecular complexity index is 866. The standard InChI is InChI=1S/C18H27N3O7S/c1-12-11-27-13(2)14(19-17(22)28-18(3,4)5)10-20(12)29(25,26)16-9-7-6-8-15(16)21(23)24/h6-9,12-14H,10-11H2,1-5H3,(H,19,22)/t12-,13+,14+/m0/s1. The van der Waals surface area contributed by atoms with Crippen LogP contribution in [0.2, 0.25) is 0 Å². The summed E-state index contributed by atoms with van der Waals surface area (Å²) in [5.74, 6) is 0. The van der Waals surface area contributed by atoms with Gasteiger partial charge >= 0.3 is 6.09 Å². The Morgan fingerprint density at radius 2 is 1.93 bits per heavy atom. The van der Waals surface area contributed by atoms with Crippen LogP contribution in [0.5, 0.6) is 0 Å². The number of ether oxygens (including phenoxy) is 2. The Morgan fingerprint density at radius 3 is 2.52 bits per heavy atom. The Labute approximate surface area is 170 Å². The van der Waals surface area contributed by atoms with Gasteiger partial charge in [0.2, 0.25) is 10.0 Å². The molecule has 0 bridgehead atoms. The number of nitrogens with zero attached hydrogens (tertiary/aromatic N) is 2. The molecule has 1 aromatic carbocycles. The molecule has 1 aromatic rings. The molecule has 10 nitrogen and oxygen atoms in total. The molecule has 3 atom stereocenters. The second-order valence-corrected chi connectivity index (χ2v) is 9.80. The number of nitrogens with one attached hydrogen (secondary N) is 1. The first kappa shape index (κ1) is 23.0. The monoisotopic (exact) mass is 429 g/mol. The van der Waals surface area contributed by atoms with Crippen LogP contribution < -0.4 is 5.32 Å². The van der Waals surface area contributed by atoms with Crippen molar-refractivity contribution in [2.75, 3.05) is 13.2 Å². The number of amides is 1. The molecule has 1 fully saturated rings. The van der Waals surface area contributed by atoms with Crippen LogP contribution in [0.1, 0.15) is 34.6 Å². The van der Waals surface area contributed by atoms with Crippen molar-refractivity contribution >= 4 is 21.8 Å². The van der Waals surface area contributed by atoms with Gasteiger partial charge in [0.1, 0.15) is 5.60 Å². The van der Waals surface area contributed by atoms with Crippen molar-refractivity contribution in [3.8, 4) is 0 Å². The Balaban J connectivity index is 2.35. The lowest BCUT2D eigenvalue weighted by Gasteiger charge is -2.29. The predicted octanol–water partition coefficient (Wildman–Crippen LogP) is 2.29. The molecule has 1 amide bonds. The minimum absolute atomic E-state index is 0.0769. The number of alkyl carbamates (subject to hydrolysis) is 1. The number of carbonyl (C=O) groups is 1. The van der Waals surface area contributed by atoms with E-state index < -0.39 is 55.4 Å². The van der Waals surface area contributed by atoms with Crippen molar-refractivity contribution < 1.29 is 27.6 Å². The van der Waals surface area contributed by atoms with Gasteiger partial charge in [0.15, 0.2) is 4.90 Å². The molecule has 0 saturated carbocycles. The van der Waals surface area contributed by atoms with E-state index >= 15 is 0 Å². The summed E-state index contributed by atoms with van der Waals surface area (Å²) in [5.41, 5.74) is -1.22. The number of sulfonamides is 1. The van der Waals surface area contributed by atoms with Crippen molar-refractivity contribution in [3.63, 3.8) is 0 Å². The van der Waals surface area contributed by atoms with Gasteiger partial charge in [-0.3, -0.25) is 10.1 Å². The van der Waals surface area contributed by atoms with Crippen LogP contribution in [0.3, 0.4) is 0 Å². The highest BCUT2D eigenvalue weighted by molar-refractivity contribution is 7.89. The van der Waals surface area contributed by atoms with E-state index in [-0.39, 0.29) is 13.2 Å². The summed E-state index contributed by atoms with van der Waals surface area (Å²) in [7, 11) is -4.22. The maximum absolute atomic E-state index is 13.3. The zero-order valence-corrected chi connectivity index (χ0v) is 17.9. The summed E-state index contributed by atoms with van der Waals surface area (Å²) >= 11 is 0. The van der Waals surface area contributed by atoms with E-state index in [4.69, 9.17) is 9.47 Å². The zero-order chi connectivity index (χ0) is 22.0. The van der Waals surface area contributed by atoms with E-state index in [1.807, 2.05) is 0 Å². The van der Waals surface area contributed by atoms with Gasteiger partial charge in [-0.1, -0.05) is 12.1 Å². The van der Waals surface area contributed by atoms with Crippen molar-refractivity contribution in [2.45, 2.75) is 63.3 Å². The fourth-order valence-corrected chi connectivity index (χ4v) is 4.72. The average Bonchev–Trinajstić information content (AvgIpc) is 2.74. The second kappa shape index (κ2) is 8.64. The van der Waals surface area contributed by atoms with Crippen molar-refractivity contribution in [1.29, 1.82) is 0 Å². The Kier molecular flexibility index (Phi) is 6.86. The van der Waals surface area contributed by atoms with Crippen LogP contribution in [0.25, 0.3) is 0 Å².